The summed E-state index contributed by atoms with van der Waals surface area (Å²) in [6, 6.07) is 13.4. The van der Waals surface area contributed by atoms with Crippen LogP contribution in [0.3, 0.4) is 0 Å². The minimum Gasteiger partial charge on any atom is -0.482 e. The minimum absolute atomic E-state index is 0.0481. The zero-order valence-corrected chi connectivity index (χ0v) is 14.2. The fourth-order valence-corrected chi connectivity index (χ4v) is 2.67. The maximum atomic E-state index is 13.5. The largest absolute Gasteiger partial charge is 0.482 e. The predicted octanol–water partition coefficient (Wildman–Crippen LogP) is 2.45. The van der Waals surface area contributed by atoms with Crippen molar-refractivity contribution in [2.45, 2.75) is 19.1 Å². The molecule has 0 aromatic heterocycles. The Hall–Kier alpha value is -3.27. The van der Waals surface area contributed by atoms with Crippen molar-refractivity contribution in [3.63, 3.8) is 0 Å². The molecule has 0 spiro atoms. The lowest BCUT2D eigenvalue weighted by molar-refractivity contribution is -0.133. The van der Waals surface area contributed by atoms with Gasteiger partial charge in [0.05, 0.1) is 5.69 Å². The lowest BCUT2D eigenvalue weighted by atomic mass is 10.1. The van der Waals surface area contributed by atoms with Crippen LogP contribution in [0.25, 0.3) is 0 Å². The van der Waals surface area contributed by atoms with E-state index in [2.05, 4.69) is 10.6 Å². The van der Waals surface area contributed by atoms with Crippen LogP contribution in [-0.4, -0.2) is 31.2 Å². The molecule has 3 rings (SSSR count). The molecule has 26 heavy (non-hydrogen) atoms. The van der Waals surface area contributed by atoms with Gasteiger partial charge >= 0.3 is 0 Å². The number of fused-ring (bicyclic) bond motifs is 1. The topological polar surface area (TPSA) is 83.4 Å². The van der Waals surface area contributed by atoms with Gasteiger partial charge in [0, 0.05) is 13.1 Å². The van der Waals surface area contributed by atoms with E-state index in [0.29, 0.717) is 23.7 Å². The second kappa shape index (κ2) is 7.74. The Bertz CT molecular complexity index is 850. The number of rotatable bonds is 5. The number of para-hydroxylation sites is 2. The number of halogens is 1. The van der Waals surface area contributed by atoms with Gasteiger partial charge in [0.25, 0.3) is 5.91 Å². The van der Waals surface area contributed by atoms with Gasteiger partial charge in [-0.05, 0) is 31.2 Å². The second-order valence-electron chi connectivity index (χ2n) is 5.80. The summed E-state index contributed by atoms with van der Waals surface area (Å²) >= 11 is 0. The number of benzene rings is 2. The van der Waals surface area contributed by atoms with E-state index in [4.69, 9.17) is 14.7 Å². The highest BCUT2D eigenvalue weighted by molar-refractivity contribution is 5.82. The van der Waals surface area contributed by atoms with Gasteiger partial charge in [-0.15, -0.1) is 0 Å². The number of anilines is 1. The molecule has 2 unspecified atom stereocenters. The molecule has 0 aliphatic carbocycles. The number of nitrogens with zero attached hydrogens (tertiary/aromatic N) is 1. The molecule has 134 valence electrons. The van der Waals surface area contributed by atoms with E-state index in [1.165, 1.54) is 12.1 Å². The third kappa shape index (κ3) is 3.70. The normalized spacial score (nSPS) is 17.9. The number of carbonyl (C=O) groups excluding carboxylic acids is 1. The van der Waals surface area contributed by atoms with Gasteiger partial charge in [-0.25, -0.2) is 4.39 Å². The van der Waals surface area contributed by atoms with Gasteiger partial charge in [-0.3, -0.25) is 4.79 Å². The minimum atomic E-state index is -0.756. The Morgan fingerprint density at radius 3 is 2.62 bits per heavy atom. The van der Waals surface area contributed by atoms with Gasteiger partial charge in [0.1, 0.15) is 23.6 Å². The van der Waals surface area contributed by atoms with Crippen molar-refractivity contribution in [2.75, 3.05) is 18.4 Å². The Morgan fingerprint density at radius 2 is 1.88 bits per heavy atom. The van der Waals surface area contributed by atoms with E-state index >= 15 is 0 Å². The molecule has 0 saturated heterocycles. The van der Waals surface area contributed by atoms with Crippen molar-refractivity contribution < 1.29 is 18.7 Å². The molecule has 0 saturated carbocycles. The smallest absolute Gasteiger partial charge is 0.265 e. The Labute approximate surface area is 150 Å². The summed E-state index contributed by atoms with van der Waals surface area (Å²) in [5.41, 5.74) is 0.342. The molecule has 1 amide bonds. The highest BCUT2D eigenvalue weighted by Crippen LogP contribution is 2.33. The van der Waals surface area contributed by atoms with Gasteiger partial charge in [0.15, 0.2) is 11.5 Å². The van der Waals surface area contributed by atoms with Crippen LogP contribution in [0.5, 0.6) is 11.5 Å². The monoisotopic (exact) mass is 355 g/mol. The fraction of sp³-hybridized carbons (Fsp3) is 0.263. The third-order valence-electron chi connectivity index (χ3n) is 3.97. The highest BCUT2D eigenvalue weighted by atomic mass is 19.1. The summed E-state index contributed by atoms with van der Waals surface area (Å²) in [7, 11) is 0. The summed E-state index contributed by atoms with van der Waals surface area (Å²) in [5.74, 6) is 0.262. The molecule has 2 aromatic carbocycles. The number of carbonyl (C=O) groups is 1. The Kier molecular flexibility index (Phi) is 5.23. The number of hydrogen-bond acceptors (Lipinski definition) is 5. The lowest BCUT2D eigenvalue weighted by Gasteiger charge is -2.31. The quantitative estimate of drug-likeness (QED) is 0.805. The molecule has 0 fully saturated rings. The molecule has 2 atom stereocenters. The molecule has 0 bridgehead atoms. The van der Waals surface area contributed by atoms with Crippen LogP contribution in [0.15, 0.2) is 42.5 Å². The summed E-state index contributed by atoms with van der Waals surface area (Å²) < 4.78 is 25.0. The maximum absolute atomic E-state index is 13.5. The fourth-order valence-electron chi connectivity index (χ4n) is 2.67. The first-order valence-electron chi connectivity index (χ1n) is 8.22. The number of amides is 1. The van der Waals surface area contributed by atoms with Crippen molar-refractivity contribution in [1.29, 1.82) is 5.26 Å². The van der Waals surface area contributed by atoms with Crippen LogP contribution in [0, 0.1) is 17.1 Å². The summed E-state index contributed by atoms with van der Waals surface area (Å²) in [6.45, 7) is 2.39. The lowest BCUT2D eigenvalue weighted by Crippen LogP contribution is -2.49. The predicted molar refractivity (Wildman–Crippen MR) is 93.6 cm³/mol. The molecule has 1 heterocycles. The van der Waals surface area contributed by atoms with Crippen molar-refractivity contribution in [3.8, 4) is 17.6 Å². The Balaban J connectivity index is 1.52. The molecule has 1 aliphatic heterocycles. The standard InChI is InChI=1S/C19H18FN3O3/c1-12-18(26-17-8-3-2-7-16(17)25-12)19(24)23-10-9-22-15-6-4-5-14(20)13(15)11-21/h2-8,12,18,22H,9-10H2,1H3,(H,23,24). The first kappa shape index (κ1) is 17.5. The van der Waals surface area contributed by atoms with Crippen LogP contribution in [0.1, 0.15) is 12.5 Å². The molecule has 2 N–H and O–H groups in total. The van der Waals surface area contributed by atoms with Gasteiger partial charge in [0.2, 0.25) is 6.10 Å². The van der Waals surface area contributed by atoms with E-state index in [9.17, 15) is 9.18 Å². The summed E-state index contributed by atoms with van der Waals surface area (Å²) in [6.07, 6.45) is -1.18. The summed E-state index contributed by atoms with van der Waals surface area (Å²) in [4.78, 5) is 12.4. The van der Waals surface area contributed by atoms with E-state index in [1.54, 1.807) is 25.1 Å². The van der Waals surface area contributed by atoms with E-state index < -0.39 is 18.0 Å². The van der Waals surface area contributed by atoms with Crippen LogP contribution < -0.4 is 20.1 Å². The van der Waals surface area contributed by atoms with Crippen molar-refractivity contribution in [1.82, 2.24) is 5.32 Å². The van der Waals surface area contributed by atoms with E-state index in [1.807, 2.05) is 18.2 Å². The average Bonchev–Trinajstić information content (AvgIpc) is 2.64. The molecular weight excluding hydrogens is 337 g/mol. The van der Waals surface area contributed by atoms with Crippen molar-refractivity contribution in [2.24, 2.45) is 0 Å². The van der Waals surface area contributed by atoms with E-state index in [-0.39, 0.29) is 18.0 Å². The molecule has 7 heteroatoms. The first-order valence-corrected chi connectivity index (χ1v) is 8.22. The second-order valence-corrected chi connectivity index (χ2v) is 5.80. The highest BCUT2D eigenvalue weighted by Gasteiger charge is 2.33. The van der Waals surface area contributed by atoms with Crippen molar-refractivity contribution >= 4 is 11.6 Å². The van der Waals surface area contributed by atoms with Crippen LogP contribution in [0.4, 0.5) is 10.1 Å². The number of nitriles is 1. The SMILES string of the molecule is CC1Oc2ccccc2OC1C(=O)NCCNc1cccc(F)c1C#N. The maximum Gasteiger partial charge on any atom is 0.265 e. The van der Waals surface area contributed by atoms with Crippen LogP contribution in [-0.2, 0) is 4.79 Å². The molecule has 1 aliphatic rings. The van der Waals surface area contributed by atoms with Crippen LogP contribution >= 0.6 is 0 Å². The molecule has 6 nitrogen and oxygen atoms in total. The third-order valence-corrected chi connectivity index (χ3v) is 3.97. The Morgan fingerprint density at radius 1 is 1.15 bits per heavy atom. The van der Waals surface area contributed by atoms with Gasteiger partial charge < -0.3 is 20.1 Å². The van der Waals surface area contributed by atoms with Gasteiger partial charge in [-0.2, -0.15) is 5.26 Å². The number of nitrogens with one attached hydrogen (secondary N) is 2. The average molecular weight is 355 g/mol. The van der Waals surface area contributed by atoms with Gasteiger partial charge in [-0.1, -0.05) is 18.2 Å². The summed E-state index contributed by atoms with van der Waals surface area (Å²) in [5, 5.41) is 14.7. The zero-order valence-electron chi connectivity index (χ0n) is 14.2. The number of ether oxygens (including phenoxy) is 2. The number of hydrogen-bond donors (Lipinski definition) is 2. The zero-order chi connectivity index (χ0) is 18.5. The molecule has 0 radical (unpaired) electrons. The molecular formula is C19H18FN3O3. The van der Waals surface area contributed by atoms with Crippen molar-refractivity contribution in [3.05, 3.63) is 53.8 Å². The van der Waals surface area contributed by atoms with E-state index in [0.717, 1.165) is 0 Å². The molecule has 2 aromatic rings. The first-order chi connectivity index (χ1) is 12.6. The van der Waals surface area contributed by atoms with Crippen LogP contribution in [0.2, 0.25) is 0 Å².